The summed E-state index contributed by atoms with van der Waals surface area (Å²) < 4.78 is 15.1. The molecule has 4 heteroatoms. The zero-order valence-electron chi connectivity index (χ0n) is 10.6. The minimum Gasteiger partial charge on any atom is -0.493 e. The highest BCUT2D eigenvalue weighted by atomic mass is 16.5. The molecule has 0 heterocycles. The summed E-state index contributed by atoms with van der Waals surface area (Å²) in [5.41, 5.74) is 0.872. The van der Waals surface area contributed by atoms with Gasteiger partial charge in [-0.25, -0.2) is 0 Å². The van der Waals surface area contributed by atoms with E-state index in [1.54, 1.807) is 20.3 Å². The molecule has 0 amide bonds. The number of ether oxygens (including phenoxy) is 3. The summed E-state index contributed by atoms with van der Waals surface area (Å²) in [5, 5.41) is 0. The van der Waals surface area contributed by atoms with Gasteiger partial charge in [0.05, 0.1) is 27.2 Å². The highest BCUT2D eigenvalue weighted by Gasteiger charge is 2.20. The van der Waals surface area contributed by atoms with E-state index in [0.717, 1.165) is 5.56 Å². The number of hydrogen-bond acceptors (Lipinski definition) is 4. The summed E-state index contributed by atoms with van der Waals surface area (Å²) in [7, 11) is 4.54. The molecule has 0 radical (unpaired) electrons. The lowest BCUT2D eigenvalue weighted by molar-refractivity contribution is -0.142. The molecule has 0 saturated carbocycles. The fourth-order valence-corrected chi connectivity index (χ4v) is 1.75. The van der Waals surface area contributed by atoms with E-state index in [0.29, 0.717) is 17.9 Å². The molecular weight excluding hydrogens is 220 g/mol. The monoisotopic (exact) mass is 238 g/mol. The van der Waals surface area contributed by atoms with Crippen molar-refractivity contribution in [3.63, 3.8) is 0 Å². The molecule has 0 aliphatic heterocycles. The Hall–Kier alpha value is -1.71. The Kier molecular flexibility index (Phi) is 4.82. The van der Waals surface area contributed by atoms with Crippen molar-refractivity contribution in [3.8, 4) is 11.5 Å². The molecule has 1 rings (SSSR count). The van der Waals surface area contributed by atoms with Crippen molar-refractivity contribution in [1.29, 1.82) is 0 Å². The quantitative estimate of drug-likeness (QED) is 0.739. The third-order valence-corrected chi connectivity index (χ3v) is 2.70. The standard InChI is InChI=1S/C13H18O4/c1-5-10(13(14)17-4)9-6-7-11(15-2)12(8-9)16-3/h6-8,10H,5H2,1-4H3/t10-/m1/s1. The van der Waals surface area contributed by atoms with Gasteiger partial charge >= 0.3 is 5.97 Å². The second kappa shape index (κ2) is 6.13. The molecule has 0 fully saturated rings. The predicted molar refractivity (Wildman–Crippen MR) is 64.6 cm³/mol. The van der Waals surface area contributed by atoms with Crippen LogP contribution in [0.1, 0.15) is 24.8 Å². The molecule has 17 heavy (non-hydrogen) atoms. The Bertz CT molecular complexity index is 387. The molecule has 1 atom stereocenters. The molecule has 0 saturated heterocycles. The number of rotatable bonds is 5. The lowest BCUT2D eigenvalue weighted by atomic mass is 9.96. The molecular formula is C13H18O4. The van der Waals surface area contributed by atoms with Crippen LogP contribution in [-0.4, -0.2) is 27.3 Å². The Morgan fingerprint density at radius 3 is 2.29 bits per heavy atom. The van der Waals surface area contributed by atoms with Gasteiger partial charge in [-0.2, -0.15) is 0 Å². The van der Waals surface area contributed by atoms with E-state index in [9.17, 15) is 4.79 Å². The first-order valence-corrected chi connectivity index (χ1v) is 5.47. The Balaban J connectivity index is 3.09. The number of methoxy groups -OCH3 is 3. The van der Waals surface area contributed by atoms with Crippen LogP contribution in [-0.2, 0) is 9.53 Å². The van der Waals surface area contributed by atoms with Crippen molar-refractivity contribution in [2.75, 3.05) is 21.3 Å². The first-order valence-electron chi connectivity index (χ1n) is 5.47. The van der Waals surface area contributed by atoms with Crippen molar-refractivity contribution in [1.82, 2.24) is 0 Å². The van der Waals surface area contributed by atoms with E-state index in [2.05, 4.69) is 0 Å². The molecule has 0 spiro atoms. The molecule has 0 aromatic heterocycles. The number of carbonyl (C=O) groups excluding carboxylic acids is 1. The van der Waals surface area contributed by atoms with Gasteiger partial charge < -0.3 is 14.2 Å². The average molecular weight is 238 g/mol. The van der Waals surface area contributed by atoms with E-state index in [1.807, 2.05) is 19.1 Å². The van der Waals surface area contributed by atoms with Crippen molar-refractivity contribution < 1.29 is 19.0 Å². The average Bonchev–Trinajstić information content (AvgIpc) is 2.38. The summed E-state index contributed by atoms with van der Waals surface area (Å²) in [6, 6.07) is 5.45. The fraction of sp³-hybridized carbons (Fsp3) is 0.462. The highest BCUT2D eigenvalue weighted by molar-refractivity contribution is 5.78. The smallest absolute Gasteiger partial charge is 0.313 e. The molecule has 0 aliphatic carbocycles. The Morgan fingerprint density at radius 2 is 1.82 bits per heavy atom. The number of hydrogen-bond donors (Lipinski definition) is 0. The van der Waals surface area contributed by atoms with E-state index < -0.39 is 0 Å². The molecule has 1 aromatic rings. The Morgan fingerprint density at radius 1 is 1.18 bits per heavy atom. The summed E-state index contributed by atoms with van der Waals surface area (Å²) in [6.07, 6.45) is 0.683. The summed E-state index contributed by atoms with van der Waals surface area (Å²) in [5.74, 6) is 0.767. The van der Waals surface area contributed by atoms with Gasteiger partial charge in [0.2, 0.25) is 0 Å². The van der Waals surface area contributed by atoms with Crippen LogP contribution in [0.2, 0.25) is 0 Å². The second-order valence-corrected chi connectivity index (χ2v) is 3.60. The van der Waals surface area contributed by atoms with Crippen LogP contribution in [0, 0.1) is 0 Å². The normalized spacial score (nSPS) is 11.8. The van der Waals surface area contributed by atoms with E-state index in [1.165, 1.54) is 7.11 Å². The fourth-order valence-electron chi connectivity index (χ4n) is 1.75. The third kappa shape index (κ3) is 2.90. The predicted octanol–water partition coefficient (Wildman–Crippen LogP) is 2.37. The van der Waals surface area contributed by atoms with E-state index in [4.69, 9.17) is 14.2 Å². The minimum absolute atomic E-state index is 0.236. The topological polar surface area (TPSA) is 44.8 Å². The van der Waals surface area contributed by atoms with Gasteiger partial charge in [0.1, 0.15) is 0 Å². The lowest BCUT2D eigenvalue weighted by Gasteiger charge is -2.15. The molecule has 1 aromatic carbocycles. The number of carbonyl (C=O) groups is 1. The first-order chi connectivity index (χ1) is 8.17. The van der Waals surface area contributed by atoms with Crippen LogP contribution >= 0.6 is 0 Å². The maximum atomic E-state index is 11.6. The van der Waals surface area contributed by atoms with Crippen molar-refractivity contribution in [2.45, 2.75) is 19.3 Å². The molecule has 0 bridgehead atoms. The van der Waals surface area contributed by atoms with Crippen LogP contribution in [0.15, 0.2) is 18.2 Å². The molecule has 4 nitrogen and oxygen atoms in total. The first kappa shape index (κ1) is 13.4. The maximum absolute atomic E-state index is 11.6. The van der Waals surface area contributed by atoms with E-state index in [-0.39, 0.29) is 11.9 Å². The van der Waals surface area contributed by atoms with Gasteiger partial charge in [-0.15, -0.1) is 0 Å². The van der Waals surface area contributed by atoms with E-state index >= 15 is 0 Å². The van der Waals surface area contributed by atoms with Crippen LogP contribution in [0.25, 0.3) is 0 Å². The van der Waals surface area contributed by atoms with Gasteiger partial charge in [-0.05, 0) is 24.1 Å². The third-order valence-electron chi connectivity index (χ3n) is 2.70. The van der Waals surface area contributed by atoms with Gasteiger partial charge in [0.15, 0.2) is 11.5 Å². The number of benzene rings is 1. The Labute approximate surface area is 101 Å². The van der Waals surface area contributed by atoms with Gasteiger partial charge in [-0.1, -0.05) is 13.0 Å². The molecule has 0 N–H and O–H groups in total. The van der Waals surface area contributed by atoms with Crippen LogP contribution < -0.4 is 9.47 Å². The van der Waals surface area contributed by atoms with Crippen LogP contribution in [0.5, 0.6) is 11.5 Å². The highest BCUT2D eigenvalue weighted by Crippen LogP contribution is 2.32. The minimum atomic E-state index is -0.264. The largest absolute Gasteiger partial charge is 0.493 e. The van der Waals surface area contributed by atoms with Gasteiger partial charge in [0.25, 0.3) is 0 Å². The lowest BCUT2D eigenvalue weighted by Crippen LogP contribution is -2.13. The molecule has 0 unspecified atom stereocenters. The maximum Gasteiger partial charge on any atom is 0.313 e. The summed E-state index contributed by atoms with van der Waals surface area (Å²) in [6.45, 7) is 1.94. The molecule has 0 aliphatic rings. The zero-order valence-corrected chi connectivity index (χ0v) is 10.6. The van der Waals surface area contributed by atoms with Gasteiger partial charge in [0, 0.05) is 0 Å². The molecule has 94 valence electrons. The second-order valence-electron chi connectivity index (χ2n) is 3.60. The van der Waals surface area contributed by atoms with Gasteiger partial charge in [-0.3, -0.25) is 4.79 Å². The van der Waals surface area contributed by atoms with Crippen LogP contribution in [0.4, 0.5) is 0 Å². The summed E-state index contributed by atoms with van der Waals surface area (Å²) in [4.78, 5) is 11.6. The SMILES string of the molecule is CC[C@@H](C(=O)OC)c1ccc(OC)c(OC)c1. The zero-order chi connectivity index (χ0) is 12.8. The van der Waals surface area contributed by atoms with Crippen molar-refractivity contribution in [2.24, 2.45) is 0 Å². The van der Waals surface area contributed by atoms with Crippen molar-refractivity contribution in [3.05, 3.63) is 23.8 Å². The van der Waals surface area contributed by atoms with Crippen molar-refractivity contribution >= 4 is 5.97 Å². The number of esters is 1. The van der Waals surface area contributed by atoms with Crippen LogP contribution in [0.3, 0.4) is 0 Å². The summed E-state index contributed by atoms with van der Waals surface area (Å²) >= 11 is 0.